The van der Waals surface area contributed by atoms with Crippen molar-refractivity contribution in [2.45, 2.75) is 46.8 Å². The molecule has 0 saturated carbocycles. The number of allylic oxidation sites excluding steroid dienone is 1. The lowest BCUT2D eigenvalue weighted by Gasteiger charge is -2.24. The van der Waals surface area contributed by atoms with Gasteiger partial charge in [-0.05, 0) is 52.3 Å². The minimum atomic E-state index is -3.73. The Kier molecular flexibility index (Phi) is 7.01. The fraction of sp³-hybridized carbons (Fsp3) is 0.438. The number of rotatable bonds is 7. The molecule has 0 spiro atoms. The minimum absolute atomic E-state index is 0.00278. The summed E-state index contributed by atoms with van der Waals surface area (Å²) < 4.78 is 24.1. The summed E-state index contributed by atoms with van der Waals surface area (Å²) in [5.41, 5.74) is 0.592. The van der Waals surface area contributed by atoms with Gasteiger partial charge in [0.1, 0.15) is 5.31 Å². The van der Waals surface area contributed by atoms with E-state index in [4.69, 9.17) is 20.6 Å². The third kappa shape index (κ3) is 5.36. The maximum absolute atomic E-state index is 13.1. The number of benzene rings is 1. The maximum Gasteiger partial charge on any atom is 0.365 e. The van der Waals surface area contributed by atoms with Gasteiger partial charge in [-0.3, -0.25) is 9.36 Å². The highest BCUT2D eigenvalue weighted by Gasteiger charge is 2.35. The quantitative estimate of drug-likeness (QED) is 0.496. The number of ketones is 1. The lowest BCUT2D eigenvalue weighted by atomic mass is 10.2. The number of hydrogen-bond donors (Lipinski definition) is 0. The summed E-state index contributed by atoms with van der Waals surface area (Å²) in [5, 5.41) is 0.463. The summed E-state index contributed by atoms with van der Waals surface area (Å²) >= 11 is 6.11. The molecule has 22 heavy (non-hydrogen) atoms. The average Bonchev–Trinajstić information content (AvgIpc) is 2.34. The van der Waals surface area contributed by atoms with E-state index >= 15 is 0 Å². The van der Waals surface area contributed by atoms with Gasteiger partial charge < -0.3 is 9.05 Å². The van der Waals surface area contributed by atoms with E-state index in [1.54, 1.807) is 52.0 Å². The Morgan fingerprint density at radius 2 is 1.64 bits per heavy atom. The van der Waals surface area contributed by atoms with Crippen LogP contribution in [0.2, 0.25) is 5.02 Å². The van der Waals surface area contributed by atoms with Gasteiger partial charge in [-0.15, -0.1) is 0 Å². The van der Waals surface area contributed by atoms with Gasteiger partial charge in [0, 0.05) is 5.02 Å². The number of hydrogen-bond acceptors (Lipinski definition) is 4. The van der Waals surface area contributed by atoms with Crippen LogP contribution in [-0.2, 0) is 18.4 Å². The Hall–Kier alpha value is -0.930. The Morgan fingerprint density at radius 1 is 1.14 bits per heavy atom. The normalized spacial score (nSPS) is 13.0. The van der Waals surface area contributed by atoms with Crippen molar-refractivity contribution in [2.75, 3.05) is 0 Å². The SMILES string of the molecule is CC(=O)C(=Cc1ccccc1Cl)P(=O)(OC(C)C)OC(C)C. The third-order valence-corrected chi connectivity index (χ3v) is 5.33. The van der Waals surface area contributed by atoms with Crippen LogP contribution in [0.4, 0.5) is 0 Å². The first kappa shape index (κ1) is 19.1. The van der Waals surface area contributed by atoms with Crippen LogP contribution >= 0.6 is 19.2 Å². The van der Waals surface area contributed by atoms with Crippen molar-refractivity contribution in [1.82, 2.24) is 0 Å². The smallest absolute Gasteiger partial charge is 0.302 e. The van der Waals surface area contributed by atoms with E-state index in [2.05, 4.69) is 0 Å². The predicted molar refractivity (Wildman–Crippen MR) is 90.2 cm³/mol. The molecule has 0 aromatic heterocycles. The summed E-state index contributed by atoms with van der Waals surface area (Å²) in [5.74, 6) is -0.371. The van der Waals surface area contributed by atoms with Gasteiger partial charge in [0.25, 0.3) is 0 Å². The zero-order valence-electron chi connectivity index (χ0n) is 13.5. The van der Waals surface area contributed by atoms with E-state index in [-0.39, 0.29) is 23.3 Å². The molecule has 0 aliphatic carbocycles. The molecule has 122 valence electrons. The van der Waals surface area contributed by atoms with Crippen molar-refractivity contribution in [2.24, 2.45) is 0 Å². The summed E-state index contributed by atoms with van der Waals surface area (Å²) in [6.07, 6.45) is 0.785. The summed E-state index contributed by atoms with van der Waals surface area (Å²) in [6, 6.07) is 7.00. The van der Waals surface area contributed by atoms with Crippen molar-refractivity contribution in [3.63, 3.8) is 0 Å². The lowest BCUT2D eigenvalue weighted by molar-refractivity contribution is -0.113. The lowest BCUT2D eigenvalue weighted by Crippen LogP contribution is -2.12. The fourth-order valence-corrected chi connectivity index (χ4v) is 4.07. The van der Waals surface area contributed by atoms with Gasteiger partial charge >= 0.3 is 7.60 Å². The maximum atomic E-state index is 13.1. The molecule has 0 N–H and O–H groups in total. The highest BCUT2D eigenvalue weighted by molar-refractivity contribution is 7.60. The second kappa shape index (κ2) is 8.07. The van der Waals surface area contributed by atoms with Gasteiger partial charge in [0.15, 0.2) is 5.78 Å². The Labute approximate surface area is 137 Å². The molecular formula is C16H22ClO4P. The standard InChI is InChI=1S/C16H22ClO4P/c1-11(2)20-22(19,21-12(3)4)16(13(5)18)10-14-8-6-7-9-15(14)17/h6-12H,1-5H3. The van der Waals surface area contributed by atoms with Crippen LogP contribution < -0.4 is 0 Å². The summed E-state index contributed by atoms with van der Waals surface area (Å²) in [6.45, 7) is 8.29. The molecule has 0 atom stereocenters. The molecule has 0 aliphatic rings. The molecule has 0 fully saturated rings. The largest absolute Gasteiger partial charge is 0.365 e. The van der Waals surface area contributed by atoms with Gasteiger partial charge in [0.05, 0.1) is 12.2 Å². The Balaban J connectivity index is 3.40. The topological polar surface area (TPSA) is 52.6 Å². The monoisotopic (exact) mass is 344 g/mol. The molecule has 1 aromatic rings. The van der Waals surface area contributed by atoms with E-state index in [0.29, 0.717) is 10.6 Å². The number of Topliss-reactive ketones (excluding diaryl/α,β-unsaturated/α-hetero) is 1. The molecule has 0 radical (unpaired) electrons. The third-order valence-electron chi connectivity index (χ3n) is 2.55. The second-order valence-corrected chi connectivity index (χ2v) is 7.72. The van der Waals surface area contributed by atoms with E-state index in [1.807, 2.05) is 0 Å². The minimum Gasteiger partial charge on any atom is -0.302 e. The highest BCUT2D eigenvalue weighted by atomic mass is 35.5. The van der Waals surface area contributed by atoms with Crippen LogP contribution in [0.3, 0.4) is 0 Å². The molecule has 1 aromatic carbocycles. The molecule has 4 nitrogen and oxygen atoms in total. The predicted octanol–water partition coefficient (Wildman–Crippen LogP) is 5.31. The highest BCUT2D eigenvalue weighted by Crippen LogP contribution is 2.58. The average molecular weight is 345 g/mol. The first-order valence-corrected chi connectivity index (χ1v) is 9.02. The number of carbonyl (C=O) groups excluding carboxylic acids is 1. The number of halogens is 1. The molecule has 0 aliphatic heterocycles. The number of carbonyl (C=O) groups is 1. The van der Waals surface area contributed by atoms with Crippen LogP contribution in [0.25, 0.3) is 6.08 Å². The van der Waals surface area contributed by atoms with E-state index < -0.39 is 7.60 Å². The Bertz CT molecular complexity index is 594. The molecule has 1 rings (SSSR count). The second-order valence-electron chi connectivity index (χ2n) is 5.41. The van der Waals surface area contributed by atoms with Crippen molar-refractivity contribution in [3.05, 3.63) is 40.2 Å². The molecule has 6 heteroatoms. The summed E-state index contributed by atoms with van der Waals surface area (Å²) in [4.78, 5) is 12.0. The van der Waals surface area contributed by atoms with E-state index in [0.717, 1.165) is 0 Å². The zero-order chi connectivity index (χ0) is 16.9. The van der Waals surface area contributed by atoms with Gasteiger partial charge in [-0.25, -0.2) is 0 Å². The zero-order valence-corrected chi connectivity index (χ0v) is 15.1. The molecule has 0 bridgehead atoms. The van der Waals surface area contributed by atoms with E-state index in [1.165, 1.54) is 13.0 Å². The molecule has 0 saturated heterocycles. The van der Waals surface area contributed by atoms with Crippen molar-refractivity contribution < 1.29 is 18.4 Å². The molecule has 0 heterocycles. The first-order chi connectivity index (χ1) is 10.2. The first-order valence-electron chi connectivity index (χ1n) is 7.10. The Morgan fingerprint density at radius 3 is 2.05 bits per heavy atom. The summed E-state index contributed by atoms with van der Waals surface area (Å²) in [7, 11) is -3.73. The fourth-order valence-electron chi connectivity index (χ4n) is 1.81. The van der Waals surface area contributed by atoms with Crippen molar-refractivity contribution >= 4 is 31.1 Å². The van der Waals surface area contributed by atoms with Gasteiger partial charge in [0.2, 0.25) is 0 Å². The van der Waals surface area contributed by atoms with Crippen molar-refractivity contribution in [1.29, 1.82) is 0 Å². The van der Waals surface area contributed by atoms with Crippen LogP contribution in [0, 0.1) is 0 Å². The van der Waals surface area contributed by atoms with Crippen LogP contribution in [0.5, 0.6) is 0 Å². The van der Waals surface area contributed by atoms with Gasteiger partial charge in [-0.2, -0.15) is 0 Å². The van der Waals surface area contributed by atoms with Crippen molar-refractivity contribution in [3.8, 4) is 0 Å². The van der Waals surface area contributed by atoms with E-state index in [9.17, 15) is 9.36 Å². The van der Waals surface area contributed by atoms with Gasteiger partial charge in [-0.1, -0.05) is 29.8 Å². The molecule has 0 amide bonds. The molecule has 0 unspecified atom stereocenters. The van der Waals surface area contributed by atoms with Crippen LogP contribution in [0.15, 0.2) is 29.6 Å². The van der Waals surface area contributed by atoms with Crippen LogP contribution in [0.1, 0.15) is 40.2 Å². The van der Waals surface area contributed by atoms with Crippen LogP contribution in [-0.4, -0.2) is 18.0 Å². The molecular weight excluding hydrogens is 323 g/mol.